The number of nitrogens with zero attached hydrogens (tertiary/aromatic N) is 3. The van der Waals surface area contributed by atoms with Crippen LogP contribution >= 0.6 is 0 Å². The average Bonchev–Trinajstić information content (AvgIpc) is 3.15. The van der Waals surface area contributed by atoms with Crippen molar-refractivity contribution in [3.8, 4) is 11.5 Å². The third-order valence-corrected chi connectivity index (χ3v) is 6.79. The number of carbonyl (C=O) groups is 2. The zero-order valence-electron chi connectivity index (χ0n) is 20.4. The predicted octanol–water partition coefficient (Wildman–Crippen LogP) is 3.96. The third-order valence-electron chi connectivity index (χ3n) is 6.79. The first-order valence-corrected chi connectivity index (χ1v) is 11.9. The van der Waals surface area contributed by atoms with Gasteiger partial charge in [-0.3, -0.25) is 19.4 Å². The van der Waals surface area contributed by atoms with Gasteiger partial charge in [0.25, 0.3) is 11.8 Å². The Hall–Kier alpha value is -3.91. The number of methoxy groups -OCH3 is 2. The van der Waals surface area contributed by atoms with Gasteiger partial charge in [-0.1, -0.05) is 24.3 Å². The molecule has 1 fully saturated rings. The fourth-order valence-electron chi connectivity index (χ4n) is 4.88. The lowest BCUT2D eigenvalue weighted by Crippen LogP contribution is -2.46. The number of imide groups is 1. The van der Waals surface area contributed by atoms with Crippen LogP contribution in [0.4, 0.5) is 10.1 Å². The number of carbonyl (C=O) groups excluding carboxylic acids is 2. The summed E-state index contributed by atoms with van der Waals surface area (Å²) >= 11 is 0. The Morgan fingerprint density at radius 3 is 2.17 bits per heavy atom. The van der Waals surface area contributed by atoms with Crippen LogP contribution in [0.3, 0.4) is 0 Å². The first kappa shape index (κ1) is 23.8. The minimum atomic E-state index is -0.431. The van der Waals surface area contributed by atoms with E-state index in [4.69, 9.17) is 9.47 Å². The monoisotopic (exact) mass is 489 g/mol. The zero-order chi connectivity index (χ0) is 25.2. The molecule has 3 aromatic carbocycles. The molecule has 5 rings (SSSR count). The molecule has 0 N–H and O–H groups in total. The highest BCUT2D eigenvalue weighted by Crippen LogP contribution is 2.33. The third kappa shape index (κ3) is 4.52. The number of fused-ring (bicyclic) bond motifs is 1. The largest absolute Gasteiger partial charge is 0.497 e. The maximum Gasteiger partial charge on any atom is 0.263 e. The van der Waals surface area contributed by atoms with Gasteiger partial charge in [0, 0.05) is 44.4 Å². The molecule has 2 aliphatic heterocycles. The molecule has 1 saturated heterocycles. The minimum Gasteiger partial charge on any atom is -0.497 e. The number of halogens is 1. The molecular formula is C28H28FN3O4. The van der Waals surface area contributed by atoms with E-state index in [0.29, 0.717) is 29.8 Å². The van der Waals surface area contributed by atoms with Gasteiger partial charge < -0.3 is 14.4 Å². The van der Waals surface area contributed by atoms with E-state index in [-0.39, 0.29) is 18.4 Å². The first-order valence-electron chi connectivity index (χ1n) is 11.9. The number of ether oxygens (including phenoxy) is 2. The second-order valence-electron chi connectivity index (χ2n) is 8.97. The molecule has 0 atom stereocenters. The van der Waals surface area contributed by atoms with Crippen LogP contribution in [0.2, 0.25) is 0 Å². The molecule has 7 nitrogen and oxygen atoms in total. The summed E-state index contributed by atoms with van der Waals surface area (Å²) in [5.41, 5.74) is 2.95. The van der Waals surface area contributed by atoms with Crippen molar-refractivity contribution in [3.05, 3.63) is 88.7 Å². The molecule has 0 bridgehead atoms. The van der Waals surface area contributed by atoms with E-state index in [2.05, 4.69) is 9.80 Å². The summed E-state index contributed by atoms with van der Waals surface area (Å²) < 4.78 is 25.0. The van der Waals surface area contributed by atoms with Gasteiger partial charge in [0.05, 0.1) is 37.6 Å². The van der Waals surface area contributed by atoms with Crippen LogP contribution in [0.5, 0.6) is 11.5 Å². The molecule has 3 aromatic rings. The maximum atomic E-state index is 14.2. The number of rotatable bonds is 7. The number of anilines is 1. The van der Waals surface area contributed by atoms with Crippen LogP contribution in [0, 0.1) is 5.82 Å². The van der Waals surface area contributed by atoms with Crippen molar-refractivity contribution in [1.82, 2.24) is 9.80 Å². The molecule has 36 heavy (non-hydrogen) atoms. The molecule has 0 radical (unpaired) electrons. The minimum absolute atomic E-state index is 0.0871. The highest BCUT2D eigenvalue weighted by atomic mass is 19.1. The van der Waals surface area contributed by atoms with Crippen molar-refractivity contribution in [3.63, 3.8) is 0 Å². The van der Waals surface area contributed by atoms with Crippen LogP contribution in [-0.2, 0) is 13.1 Å². The Labute approximate surface area is 209 Å². The number of hydrogen-bond acceptors (Lipinski definition) is 6. The van der Waals surface area contributed by atoms with Crippen molar-refractivity contribution in [2.24, 2.45) is 0 Å². The second-order valence-corrected chi connectivity index (χ2v) is 8.97. The van der Waals surface area contributed by atoms with Gasteiger partial charge >= 0.3 is 0 Å². The standard InChI is InChI=1S/C28H28FN3O4/c1-35-21-14-19(15-22(16-21)36-2)17-30-10-12-31(13-11-30)25-9-5-7-23-26(25)28(34)32(27(23)33)18-20-6-3-4-8-24(20)29/h3-9,14-16H,10-13,17-18H2,1-2H3. The number of piperazine rings is 1. The SMILES string of the molecule is COc1cc(CN2CCN(c3cccc4c3C(=O)N(Cc3ccccc3F)C4=O)CC2)cc(OC)c1. The highest BCUT2D eigenvalue weighted by Gasteiger charge is 2.39. The summed E-state index contributed by atoms with van der Waals surface area (Å²) in [6.45, 7) is 3.69. The van der Waals surface area contributed by atoms with Gasteiger partial charge in [-0.15, -0.1) is 0 Å². The Morgan fingerprint density at radius 1 is 0.806 bits per heavy atom. The molecule has 186 valence electrons. The second kappa shape index (κ2) is 9.99. The molecule has 8 heteroatoms. The fraction of sp³-hybridized carbons (Fsp3) is 0.286. The van der Waals surface area contributed by atoms with Gasteiger partial charge in [-0.05, 0) is 35.9 Å². The lowest BCUT2D eigenvalue weighted by molar-refractivity contribution is 0.0641. The summed E-state index contributed by atoms with van der Waals surface area (Å²) in [4.78, 5) is 32.0. The zero-order valence-corrected chi connectivity index (χ0v) is 20.4. The molecule has 0 aromatic heterocycles. The van der Waals surface area contributed by atoms with Crippen LogP contribution < -0.4 is 14.4 Å². The lowest BCUT2D eigenvalue weighted by atomic mass is 10.1. The van der Waals surface area contributed by atoms with Crippen molar-refractivity contribution in [1.29, 1.82) is 0 Å². The molecule has 0 aliphatic carbocycles. The maximum absolute atomic E-state index is 14.2. The summed E-state index contributed by atoms with van der Waals surface area (Å²) in [6, 6.07) is 17.4. The Bertz CT molecular complexity index is 1280. The molecule has 0 saturated carbocycles. The van der Waals surface area contributed by atoms with Crippen molar-refractivity contribution >= 4 is 17.5 Å². The summed E-state index contributed by atoms with van der Waals surface area (Å²) in [5, 5.41) is 0. The molecule has 2 amide bonds. The van der Waals surface area contributed by atoms with E-state index in [0.717, 1.165) is 47.3 Å². The van der Waals surface area contributed by atoms with E-state index in [1.807, 2.05) is 24.3 Å². The molecule has 0 spiro atoms. The molecule has 2 aliphatic rings. The number of hydrogen-bond donors (Lipinski definition) is 0. The van der Waals surface area contributed by atoms with Crippen molar-refractivity contribution in [2.45, 2.75) is 13.1 Å². The van der Waals surface area contributed by atoms with Gasteiger partial charge in [0.2, 0.25) is 0 Å². The predicted molar refractivity (Wildman–Crippen MR) is 134 cm³/mol. The Kier molecular flexibility index (Phi) is 6.61. The summed E-state index contributed by atoms with van der Waals surface area (Å²) in [5.74, 6) is 0.321. The molecular weight excluding hydrogens is 461 g/mol. The summed E-state index contributed by atoms with van der Waals surface area (Å²) in [7, 11) is 3.28. The highest BCUT2D eigenvalue weighted by molar-refractivity contribution is 6.23. The fourth-order valence-corrected chi connectivity index (χ4v) is 4.88. The van der Waals surface area contributed by atoms with Gasteiger partial charge in [-0.2, -0.15) is 0 Å². The number of amides is 2. The lowest BCUT2D eigenvalue weighted by Gasteiger charge is -2.36. The summed E-state index contributed by atoms with van der Waals surface area (Å²) in [6.07, 6.45) is 0. The van der Waals surface area contributed by atoms with Crippen molar-refractivity contribution in [2.75, 3.05) is 45.3 Å². The van der Waals surface area contributed by atoms with Crippen molar-refractivity contribution < 1.29 is 23.5 Å². The van der Waals surface area contributed by atoms with E-state index in [1.54, 1.807) is 44.6 Å². The van der Waals surface area contributed by atoms with E-state index >= 15 is 0 Å². The smallest absolute Gasteiger partial charge is 0.263 e. The molecule has 2 heterocycles. The average molecular weight is 490 g/mol. The quantitative estimate of drug-likeness (QED) is 0.468. The van der Waals surface area contributed by atoms with Crippen LogP contribution in [0.25, 0.3) is 0 Å². The topological polar surface area (TPSA) is 62.3 Å². The van der Waals surface area contributed by atoms with Gasteiger partial charge in [-0.25, -0.2) is 4.39 Å². The first-order chi connectivity index (χ1) is 17.5. The van der Waals surface area contributed by atoms with Gasteiger partial charge in [0.1, 0.15) is 17.3 Å². The van der Waals surface area contributed by atoms with Crippen LogP contribution in [0.1, 0.15) is 31.8 Å². The molecule has 0 unspecified atom stereocenters. The van der Waals surface area contributed by atoms with E-state index in [9.17, 15) is 14.0 Å². The van der Waals surface area contributed by atoms with Crippen LogP contribution in [-0.4, -0.2) is 62.0 Å². The van der Waals surface area contributed by atoms with Crippen LogP contribution in [0.15, 0.2) is 60.7 Å². The Balaban J connectivity index is 1.30. The number of benzene rings is 3. The Morgan fingerprint density at radius 2 is 1.50 bits per heavy atom. The van der Waals surface area contributed by atoms with E-state index in [1.165, 1.54) is 6.07 Å². The van der Waals surface area contributed by atoms with Gasteiger partial charge in [0.15, 0.2) is 0 Å². The van der Waals surface area contributed by atoms with E-state index < -0.39 is 5.82 Å². The normalized spacial score (nSPS) is 15.9.